The maximum Gasteiger partial charge on any atom is 0.222 e. The first-order valence-electron chi connectivity index (χ1n) is 8.90. The number of hydrogen-bond acceptors (Lipinski definition) is 3. The van der Waals surface area contributed by atoms with Gasteiger partial charge in [0.05, 0.1) is 13.1 Å². The van der Waals surface area contributed by atoms with E-state index in [1.54, 1.807) is 0 Å². The van der Waals surface area contributed by atoms with Gasteiger partial charge in [0.1, 0.15) is 12.4 Å². The summed E-state index contributed by atoms with van der Waals surface area (Å²) in [4.78, 5) is 18.1. The van der Waals surface area contributed by atoms with Crippen LogP contribution in [0.4, 0.5) is 0 Å². The number of amides is 1. The van der Waals surface area contributed by atoms with Gasteiger partial charge in [0.25, 0.3) is 0 Å². The number of nitrogens with one attached hydrogen (secondary N) is 2. The Morgan fingerprint density at radius 3 is 2.52 bits per heavy atom. The van der Waals surface area contributed by atoms with Crippen LogP contribution in [0, 0.1) is 12.8 Å². The van der Waals surface area contributed by atoms with E-state index in [2.05, 4.69) is 22.5 Å². The van der Waals surface area contributed by atoms with Crippen molar-refractivity contribution in [1.29, 1.82) is 0 Å². The molecular formula is C19H32N4O2. The fraction of sp³-hybridized carbons (Fsp3) is 0.579. The summed E-state index contributed by atoms with van der Waals surface area (Å²) in [7, 11) is 1.98. The van der Waals surface area contributed by atoms with E-state index in [-0.39, 0.29) is 11.8 Å². The van der Waals surface area contributed by atoms with Gasteiger partial charge in [0.2, 0.25) is 5.91 Å². The first-order valence-corrected chi connectivity index (χ1v) is 8.90. The summed E-state index contributed by atoms with van der Waals surface area (Å²) in [6, 6.07) is 8.03. The number of aryl methyl sites for hydroxylation is 1. The van der Waals surface area contributed by atoms with Gasteiger partial charge in [-0.15, -0.1) is 0 Å². The van der Waals surface area contributed by atoms with Crippen molar-refractivity contribution in [2.75, 3.05) is 39.8 Å². The van der Waals surface area contributed by atoms with Crippen molar-refractivity contribution in [2.24, 2.45) is 10.9 Å². The second kappa shape index (κ2) is 11.3. The third-order valence-corrected chi connectivity index (χ3v) is 3.61. The number of benzene rings is 1. The Morgan fingerprint density at radius 1 is 1.24 bits per heavy atom. The summed E-state index contributed by atoms with van der Waals surface area (Å²) in [5.74, 6) is 1.74. The van der Waals surface area contributed by atoms with Crippen LogP contribution in [0.1, 0.15) is 26.3 Å². The number of nitrogens with zero attached hydrogens (tertiary/aromatic N) is 2. The zero-order valence-corrected chi connectivity index (χ0v) is 16.1. The highest BCUT2D eigenvalue weighted by atomic mass is 16.5. The Kier molecular flexibility index (Phi) is 9.43. The molecule has 140 valence electrons. The number of likely N-dealkylation sites (N-methyl/N-ethyl adjacent to an activating group) is 1. The molecule has 0 unspecified atom stereocenters. The van der Waals surface area contributed by atoms with E-state index >= 15 is 0 Å². The number of rotatable bonds is 9. The molecule has 0 saturated carbocycles. The summed E-state index contributed by atoms with van der Waals surface area (Å²) in [6.07, 6.45) is 0. The van der Waals surface area contributed by atoms with Crippen LogP contribution in [-0.2, 0) is 4.79 Å². The summed E-state index contributed by atoms with van der Waals surface area (Å²) in [5, 5.41) is 6.13. The minimum absolute atomic E-state index is 0.00110. The van der Waals surface area contributed by atoms with Crippen LogP contribution < -0.4 is 15.4 Å². The molecule has 2 N–H and O–H groups in total. The molecule has 0 spiro atoms. The molecule has 25 heavy (non-hydrogen) atoms. The molecule has 1 aromatic rings. The molecule has 0 aliphatic rings. The van der Waals surface area contributed by atoms with E-state index < -0.39 is 0 Å². The third kappa shape index (κ3) is 8.42. The average Bonchev–Trinajstić information content (AvgIpc) is 2.58. The molecule has 0 aliphatic carbocycles. The SMILES string of the molecule is CCNC(=NCCNC(=O)C(C)C)N(C)CCOc1ccc(C)cc1. The normalized spacial score (nSPS) is 11.4. The highest BCUT2D eigenvalue weighted by Crippen LogP contribution is 2.11. The van der Waals surface area contributed by atoms with Gasteiger partial charge in [-0.25, -0.2) is 0 Å². The van der Waals surface area contributed by atoms with Gasteiger partial charge in [0, 0.05) is 26.1 Å². The molecule has 0 atom stereocenters. The highest BCUT2D eigenvalue weighted by Gasteiger charge is 2.07. The monoisotopic (exact) mass is 348 g/mol. The molecule has 1 amide bonds. The first-order chi connectivity index (χ1) is 11.9. The van der Waals surface area contributed by atoms with E-state index in [4.69, 9.17) is 4.74 Å². The van der Waals surface area contributed by atoms with Crippen LogP contribution in [0.15, 0.2) is 29.3 Å². The largest absolute Gasteiger partial charge is 0.492 e. The topological polar surface area (TPSA) is 66.0 Å². The number of carbonyl (C=O) groups is 1. The number of guanidine groups is 1. The van der Waals surface area contributed by atoms with Crippen molar-refractivity contribution in [3.63, 3.8) is 0 Å². The average molecular weight is 348 g/mol. The number of aliphatic imine (C=N–C) groups is 1. The molecular weight excluding hydrogens is 316 g/mol. The van der Waals surface area contributed by atoms with E-state index in [1.165, 1.54) is 5.56 Å². The van der Waals surface area contributed by atoms with Crippen molar-refractivity contribution in [3.05, 3.63) is 29.8 Å². The Bertz CT molecular complexity index is 541. The molecule has 1 rings (SSSR count). The number of ether oxygens (including phenoxy) is 1. The van der Waals surface area contributed by atoms with Gasteiger partial charge in [-0.2, -0.15) is 0 Å². The molecule has 0 aliphatic heterocycles. The van der Waals surface area contributed by atoms with Gasteiger partial charge in [-0.05, 0) is 26.0 Å². The van der Waals surface area contributed by atoms with Crippen LogP contribution in [0.5, 0.6) is 5.75 Å². The summed E-state index contributed by atoms with van der Waals surface area (Å²) in [6.45, 7) is 11.0. The van der Waals surface area contributed by atoms with Gasteiger partial charge < -0.3 is 20.3 Å². The van der Waals surface area contributed by atoms with Crippen molar-refractivity contribution < 1.29 is 9.53 Å². The highest BCUT2D eigenvalue weighted by molar-refractivity contribution is 5.80. The van der Waals surface area contributed by atoms with Crippen LogP contribution in [0.2, 0.25) is 0 Å². The Morgan fingerprint density at radius 2 is 1.92 bits per heavy atom. The Hall–Kier alpha value is -2.24. The van der Waals surface area contributed by atoms with E-state index in [0.29, 0.717) is 19.7 Å². The number of hydrogen-bond donors (Lipinski definition) is 2. The number of carbonyl (C=O) groups excluding carboxylic acids is 1. The molecule has 1 aromatic carbocycles. The van der Waals surface area contributed by atoms with E-state index in [0.717, 1.165) is 24.8 Å². The molecule has 0 saturated heterocycles. The van der Waals surface area contributed by atoms with E-state index in [1.807, 2.05) is 57.0 Å². The van der Waals surface area contributed by atoms with Crippen molar-refractivity contribution in [3.8, 4) is 5.75 Å². The third-order valence-electron chi connectivity index (χ3n) is 3.61. The molecule has 6 nitrogen and oxygen atoms in total. The van der Waals surface area contributed by atoms with Gasteiger partial charge in [-0.1, -0.05) is 31.5 Å². The minimum Gasteiger partial charge on any atom is -0.492 e. The van der Waals surface area contributed by atoms with Crippen LogP contribution in [0.25, 0.3) is 0 Å². The lowest BCUT2D eigenvalue weighted by Gasteiger charge is -2.22. The first kappa shape index (κ1) is 20.8. The standard InChI is InChI=1S/C19H32N4O2/c1-6-20-19(22-12-11-21-18(24)15(2)3)23(5)13-14-25-17-9-7-16(4)8-10-17/h7-10,15H,6,11-14H2,1-5H3,(H,20,22)(H,21,24). The van der Waals surface area contributed by atoms with Crippen LogP contribution in [-0.4, -0.2) is 56.6 Å². The van der Waals surface area contributed by atoms with E-state index in [9.17, 15) is 4.79 Å². The fourth-order valence-corrected chi connectivity index (χ4v) is 2.06. The lowest BCUT2D eigenvalue weighted by atomic mass is 10.2. The fourth-order valence-electron chi connectivity index (χ4n) is 2.06. The summed E-state index contributed by atoms with van der Waals surface area (Å²) >= 11 is 0. The maximum absolute atomic E-state index is 11.5. The lowest BCUT2D eigenvalue weighted by Crippen LogP contribution is -2.41. The van der Waals surface area contributed by atoms with Gasteiger partial charge >= 0.3 is 0 Å². The molecule has 6 heteroatoms. The smallest absolute Gasteiger partial charge is 0.222 e. The Labute approximate surface area is 151 Å². The predicted octanol–water partition coefficient (Wildman–Crippen LogP) is 2.04. The Balaban J connectivity index is 2.40. The summed E-state index contributed by atoms with van der Waals surface area (Å²) in [5.41, 5.74) is 1.22. The van der Waals surface area contributed by atoms with Crippen molar-refractivity contribution >= 4 is 11.9 Å². The van der Waals surface area contributed by atoms with Crippen molar-refractivity contribution in [1.82, 2.24) is 15.5 Å². The summed E-state index contributed by atoms with van der Waals surface area (Å²) < 4.78 is 5.76. The minimum atomic E-state index is -0.00110. The lowest BCUT2D eigenvalue weighted by molar-refractivity contribution is -0.123. The molecule has 0 bridgehead atoms. The molecule has 0 aromatic heterocycles. The molecule has 0 heterocycles. The second-order valence-corrected chi connectivity index (χ2v) is 6.26. The quantitative estimate of drug-likeness (QED) is 0.407. The van der Waals surface area contributed by atoms with Crippen LogP contribution in [0.3, 0.4) is 0 Å². The predicted molar refractivity (Wildman–Crippen MR) is 103 cm³/mol. The van der Waals surface area contributed by atoms with Gasteiger partial charge in [0.15, 0.2) is 5.96 Å². The second-order valence-electron chi connectivity index (χ2n) is 6.26. The molecule has 0 fully saturated rings. The van der Waals surface area contributed by atoms with Crippen molar-refractivity contribution in [2.45, 2.75) is 27.7 Å². The zero-order valence-electron chi connectivity index (χ0n) is 16.1. The zero-order chi connectivity index (χ0) is 18.7. The molecule has 0 radical (unpaired) electrons. The van der Waals surface area contributed by atoms with Gasteiger partial charge in [-0.3, -0.25) is 9.79 Å². The maximum atomic E-state index is 11.5. The van der Waals surface area contributed by atoms with Crippen LogP contribution >= 0.6 is 0 Å².